The van der Waals surface area contributed by atoms with Crippen molar-refractivity contribution in [1.82, 2.24) is 0 Å². The predicted octanol–water partition coefficient (Wildman–Crippen LogP) is 6.56. The highest BCUT2D eigenvalue weighted by Gasteiger charge is 2.82. The number of rotatable bonds is 4. The number of carbonyl (C=O) groups excluding carboxylic acids is 1. The lowest BCUT2D eigenvalue weighted by atomic mass is 9.42. The van der Waals surface area contributed by atoms with Crippen LogP contribution in [0.4, 0.5) is 0 Å². The molecule has 5 saturated carbocycles. The second-order valence-electron chi connectivity index (χ2n) is 15.2. The van der Waals surface area contributed by atoms with Crippen molar-refractivity contribution in [3.8, 4) is 0 Å². The standard InChI is InChI=1S/C30H48O3/c1-18(8-11-23-26(4,5)33-23)24-19(31)16-28(7)21-10-9-20-25(2,3)22(32)12-13-29(20)17-30(21,29)15-14-27(24,28)6/h18-21,23-24,31H,8-17H2,1-7H3/t18-,19+,20+,21+,23-,24+,27-,28+,29-,30+/m1/s1. The SMILES string of the molecule is C[C@H](CC[C@H]1OC1(C)C)[C@H]1[C@@H](O)C[C@@]2(C)[C@@H]3CC[C@H]4C(C)(C)C(=O)CC[C@@]45C[C@@]35CC[C@]12C. The van der Waals surface area contributed by atoms with Gasteiger partial charge in [0.1, 0.15) is 5.78 Å². The van der Waals surface area contributed by atoms with E-state index in [0.717, 1.165) is 31.6 Å². The van der Waals surface area contributed by atoms with Crippen molar-refractivity contribution in [2.45, 2.75) is 130 Å². The first-order chi connectivity index (χ1) is 15.3. The Morgan fingerprint density at radius 3 is 2.27 bits per heavy atom. The molecule has 6 fully saturated rings. The minimum Gasteiger partial charge on any atom is -0.393 e. The number of aliphatic hydroxyl groups excluding tert-OH is 1. The Labute approximate surface area is 201 Å². The second kappa shape index (κ2) is 6.47. The Kier molecular flexibility index (Phi) is 4.51. The van der Waals surface area contributed by atoms with E-state index >= 15 is 0 Å². The lowest BCUT2D eigenvalue weighted by Gasteiger charge is -2.62. The first kappa shape index (κ1) is 23.0. The third kappa shape index (κ3) is 2.63. The van der Waals surface area contributed by atoms with Gasteiger partial charge in [0.05, 0.1) is 17.8 Å². The van der Waals surface area contributed by atoms with E-state index in [0.29, 0.717) is 40.5 Å². The summed E-state index contributed by atoms with van der Waals surface area (Å²) in [6, 6.07) is 0. The van der Waals surface area contributed by atoms with E-state index < -0.39 is 0 Å². The maximum Gasteiger partial charge on any atom is 0.138 e. The Hall–Kier alpha value is -0.410. The molecule has 0 radical (unpaired) electrons. The number of aliphatic hydroxyl groups is 1. The maximum absolute atomic E-state index is 12.9. The maximum atomic E-state index is 12.9. The highest BCUT2D eigenvalue weighted by Crippen LogP contribution is 2.88. The van der Waals surface area contributed by atoms with Gasteiger partial charge >= 0.3 is 0 Å². The number of hydrogen-bond donors (Lipinski definition) is 1. The van der Waals surface area contributed by atoms with Gasteiger partial charge in [-0.1, -0.05) is 34.6 Å². The van der Waals surface area contributed by atoms with Crippen LogP contribution < -0.4 is 0 Å². The van der Waals surface area contributed by atoms with Crippen LogP contribution in [-0.4, -0.2) is 28.7 Å². The zero-order valence-electron chi connectivity index (χ0n) is 22.3. The van der Waals surface area contributed by atoms with Crippen LogP contribution >= 0.6 is 0 Å². The summed E-state index contributed by atoms with van der Waals surface area (Å²) >= 11 is 0. The minimum atomic E-state index is -0.171. The Morgan fingerprint density at radius 1 is 0.970 bits per heavy atom. The van der Waals surface area contributed by atoms with E-state index in [1.54, 1.807) is 0 Å². The molecule has 10 atom stereocenters. The van der Waals surface area contributed by atoms with Crippen molar-refractivity contribution in [1.29, 1.82) is 0 Å². The first-order valence-electron chi connectivity index (χ1n) is 14.1. The van der Waals surface area contributed by atoms with Gasteiger partial charge in [-0.25, -0.2) is 0 Å². The predicted molar refractivity (Wildman–Crippen MR) is 131 cm³/mol. The molecule has 0 aromatic heterocycles. The summed E-state index contributed by atoms with van der Waals surface area (Å²) in [5.41, 5.74) is 1.24. The van der Waals surface area contributed by atoms with Crippen LogP contribution in [0.15, 0.2) is 0 Å². The van der Waals surface area contributed by atoms with Crippen LogP contribution in [0.1, 0.15) is 113 Å². The molecule has 0 unspecified atom stereocenters. The van der Waals surface area contributed by atoms with Gasteiger partial charge in [-0.2, -0.15) is 0 Å². The van der Waals surface area contributed by atoms with E-state index in [2.05, 4.69) is 48.5 Å². The fourth-order valence-corrected chi connectivity index (χ4v) is 11.6. The van der Waals surface area contributed by atoms with Crippen LogP contribution in [0.3, 0.4) is 0 Å². The average Bonchev–Trinajstić information content (AvgIpc) is 3.55. The number of Topliss-reactive ketones (excluding diaryl/α,β-unsaturated/α-hetero) is 1. The van der Waals surface area contributed by atoms with Crippen LogP contribution in [-0.2, 0) is 9.53 Å². The number of hydrogen-bond acceptors (Lipinski definition) is 3. The van der Waals surface area contributed by atoms with Gasteiger partial charge in [-0.15, -0.1) is 0 Å². The molecule has 1 saturated heterocycles. The molecule has 5 aliphatic carbocycles. The lowest BCUT2D eigenvalue weighted by Crippen LogP contribution is -2.57. The molecule has 1 N–H and O–H groups in total. The number of ketones is 1. The Bertz CT molecular complexity index is 876. The molecule has 0 aromatic rings. The summed E-state index contributed by atoms with van der Waals surface area (Å²) in [5.74, 6) is 2.76. The lowest BCUT2D eigenvalue weighted by molar-refractivity contribution is -0.157. The molecule has 6 rings (SSSR count). The molecule has 33 heavy (non-hydrogen) atoms. The molecule has 0 amide bonds. The molecule has 6 aliphatic rings. The van der Waals surface area contributed by atoms with Gasteiger partial charge in [0.25, 0.3) is 0 Å². The van der Waals surface area contributed by atoms with Crippen LogP contribution in [0.5, 0.6) is 0 Å². The molecule has 3 heteroatoms. The fourth-order valence-electron chi connectivity index (χ4n) is 11.6. The van der Waals surface area contributed by atoms with Crippen molar-refractivity contribution in [3.05, 3.63) is 0 Å². The number of ether oxygens (including phenoxy) is 1. The fraction of sp³-hybridized carbons (Fsp3) is 0.967. The molecule has 0 aromatic carbocycles. The summed E-state index contributed by atoms with van der Waals surface area (Å²) in [4.78, 5) is 12.9. The quantitative estimate of drug-likeness (QED) is 0.487. The molecule has 0 bridgehead atoms. The average molecular weight is 457 g/mol. The van der Waals surface area contributed by atoms with Gasteiger partial charge in [0.2, 0.25) is 0 Å². The zero-order valence-corrected chi connectivity index (χ0v) is 22.3. The number of fused-ring (bicyclic) bond motifs is 2. The highest BCUT2D eigenvalue weighted by atomic mass is 16.6. The minimum absolute atomic E-state index is 0.0672. The van der Waals surface area contributed by atoms with Crippen LogP contribution in [0.25, 0.3) is 0 Å². The van der Waals surface area contributed by atoms with Gasteiger partial charge in [-0.3, -0.25) is 4.79 Å². The van der Waals surface area contributed by atoms with E-state index in [4.69, 9.17) is 4.74 Å². The summed E-state index contributed by atoms with van der Waals surface area (Å²) in [6.45, 7) is 16.5. The van der Waals surface area contributed by atoms with Gasteiger partial charge < -0.3 is 9.84 Å². The third-order valence-corrected chi connectivity index (χ3v) is 13.6. The highest BCUT2D eigenvalue weighted by molar-refractivity contribution is 5.86. The number of epoxide rings is 1. The molecule has 1 heterocycles. The van der Waals surface area contributed by atoms with Crippen LogP contribution in [0.2, 0.25) is 0 Å². The second-order valence-corrected chi connectivity index (χ2v) is 15.2. The van der Waals surface area contributed by atoms with Gasteiger partial charge in [0.15, 0.2) is 0 Å². The van der Waals surface area contributed by atoms with Crippen molar-refractivity contribution >= 4 is 5.78 Å². The third-order valence-electron chi connectivity index (χ3n) is 13.6. The normalized spacial score (nSPS) is 56.2. The molecular weight excluding hydrogens is 408 g/mol. The van der Waals surface area contributed by atoms with Crippen molar-refractivity contribution in [2.75, 3.05) is 0 Å². The molecular formula is C30H48O3. The van der Waals surface area contributed by atoms with Gasteiger partial charge in [0, 0.05) is 11.8 Å². The van der Waals surface area contributed by atoms with Crippen molar-refractivity contribution in [3.63, 3.8) is 0 Å². The van der Waals surface area contributed by atoms with E-state index in [1.807, 2.05) is 0 Å². The Morgan fingerprint density at radius 2 is 1.61 bits per heavy atom. The summed E-state index contributed by atoms with van der Waals surface area (Å²) in [6.07, 6.45) is 11.9. The monoisotopic (exact) mass is 456 g/mol. The topological polar surface area (TPSA) is 49.8 Å². The van der Waals surface area contributed by atoms with E-state index in [1.165, 1.54) is 38.5 Å². The molecule has 186 valence electrons. The Balaban J connectivity index is 1.27. The van der Waals surface area contributed by atoms with Crippen molar-refractivity contribution < 1.29 is 14.6 Å². The summed E-state index contributed by atoms with van der Waals surface area (Å²) in [7, 11) is 0. The van der Waals surface area contributed by atoms with Gasteiger partial charge in [-0.05, 0) is 117 Å². The van der Waals surface area contributed by atoms with E-state index in [-0.39, 0.29) is 27.9 Å². The van der Waals surface area contributed by atoms with E-state index in [9.17, 15) is 9.90 Å². The largest absolute Gasteiger partial charge is 0.393 e. The summed E-state index contributed by atoms with van der Waals surface area (Å²) in [5, 5.41) is 11.6. The number of carbonyl (C=O) groups is 1. The molecule has 3 nitrogen and oxygen atoms in total. The smallest absolute Gasteiger partial charge is 0.138 e. The van der Waals surface area contributed by atoms with Crippen molar-refractivity contribution in [2.24, 2.45) is 50.7 Å². The molecule has 1 aliphatic heterocycles. The first-order valence-corrected chi connectivity index (χ1v) is 14.1. The molecule has 2 spiro atoms. The summed E-state index contributed by atoms with van der Waals surface area (Å²) < 4.78 is 5.87. The van der Waals surface area contributed by atoms with Crippen LogP contribution in [0, 0.1) is 50.7 Å². The zero-order chi connectivity index (χ0) is 23.8.